The topological polar surface area (TPSA) is 59.6 Å². The van der Waals surface area contributed by atoms with Crippen molar-refractivity contribution in [3.05, 3.63) is 65.2 Å². The smallest absolute Gasteiger partial charge is 0.416 e. The van der Waals surface area contributed by atoms with Gasteiger partial charge in [0.25, 0.3) is 5.91 Å². The number of rotatable bonds is 10. The second-order valence-corrected chi connectivity index (χ2v) is 6.94. The Kier molecular flexibility index (Phi) is 8.68. The van der Waals surface area contributed by atoms with E-state index < -0.39 is 17.8 Å². The maximum atomic E-state index is 12.9. The highest BCUT2D eigenvalue weighted by atomic mass is 19.4. The third kappa shape index (κ3) is 7.03. The zero-order valence-electron chi connectivity index (χ0n) is 17.3. The van der Waals surface area contributed by atoms with E-state index in [2.05, 4.69) is 10.6 Å². The Morgan fingerprint density at radius 3 is 2.37 bits per heavy atom. The first-order chi connectivity index (χ1) is 14.2. The van der Waals surface area contributed by atoms with E-state index in [1.807, 2.05) is 19.1 Å². The molecule has 0 spiro atoms. The molecule has 2 unspecified atom stereocenters. The molecule has 0 saturated carbocycles. The second kappa shape index (κ2) is 11.0. The second-order valence-electron chi connectivity index (χ2n) is 6.94. The van der Waals surface area contributed by atoms with Gasteiger partial charge in [-0.25, -0.2) is 0 Å². The molecule has 0 aliphatic carbocycles. The van der Waals surface area contributed by atoms with Crippen LogP contribution in [0.15, 0.2) is 48.5 Å². The highest BCUT2D eigenvalue weighted by Gasteiger charge is 2.31. The lowest BCUT2D eigenvalue weighted by Gasteiger charge is -2.20. The fraction of sp³-hybridized carbons (Fsp3) is 0.409. The quantitative estimate of drug-likeness (QED) is 0.607. The van der Waals surface area contributed by atoms with E-state index >= 15 is 0 Å². The summed E-state index contributed by atoms with van der Waals surface area (Å²) in [5, 5.41) is 5.75. The molecule has 0 aliphatic rings. The standard InChI is InChI=1S/C22H27F3N2O3/c1-15(16-7-9-19(10-8-16)30-14-21(28)26-2)12-27-13-20(29-3)17-5-4-6-18(11-17)22(23,24)25/h4-11,15,20,27H,12-14H2,1-3H3,(H,26,28). The number of carbonyl (C=O) groups excluding carboxylic acids is 1. The Labute approximate surface area is 174 Å². The van der Waals surface area contributed by atoms with Crippen LogP contribution in [0.4, 0.5) is 13.2 Å². The van der Waals surface area contributed by atoms with Gasteiger partial charge in [0.15, 0.2) is 6.61 Å². The molecule has 0 radical (unpaired) electrons. The molecule has 0 saturated heterocycles. The van der Waals surface area contributed by atoms with Crippen molar-refractivity contribution < 1.29 is 27.4 Å². The van der Waals surface area contributed by atoms with Crippen LogP contribution in [0.2, 0.25) is 0 Å². The molecule has 0 bridgehead atoms. The van der Waals surface area contributed by atoms with Crippen LogP contribution in [0.3, 0.4) is 0 Å². The molecule has 2 N–H and O–H groups in total. The highest BCUT2D eigenvalue weighted by Crippen LogP contribution is 2.31. The number of ether oxygens (including phenoxy) is 2. The van der Waals surface area contributed by atoms with Crippen molar-refractivity contribution in [2.24, 2.45) is 0 Å². The number of likely N-dealkylation sites (N-methyl/N-ethyl adjacent to an activating group) is 1. The molecule has 2 atom stereocenters. The summed E-state index contributed by atoms with van der Waals surface area (Å²) in [6.45, 7) is 3.01. The van der Waals surface area contributed by atoms with Gasteiger partial charge in [-0.3, -0.25) is 4.79 Å². The molecule has 1 amide bonds. The summed E-state index contributed by atoms with van der Waals surface area (Å²) < 4.78 is 49.6. The van der Waals surface area contributed by atoms with Gasteiger partial charge in [-0.05, 0) is 41.3 Å². The van der Waals surface area contributed by atoms with Crippen LogP contribution >= 0.6 is 0 Å². The molecule has 30 heavy (non-hydrogen) atoms. The van der Waals surface area contributed by atoms with Crippen LogP contribution in [0.5, 0.6) is 5.75 Å². The summed E-state index contributed by atoms with van der Waals surface area (Å²) >= 11 is 0. The minimum Gasteiger partial charge on any atom is -0.484 e. The maximum Gasteiger partial charge on any atom is 0.416 e. The number of hydrogen-bond acceptors (Lipinski definition) is 4. The molecule has 5 nitrogen and oxygen atoms in total. The average Bonchev–Trinajstić information content (AvgIpc) is 2.74. The first-order valence-corrected chi connectivity index (χ1v) is 9.58. The van der Waals surface area contributed by atoms with Gasteiger partial charge >= 0.3 is 6.18 Å². The van der Waals surface area contributed by atoms with Gasteiger partial charge in [0, 0.05) is 27.2 Å². The number of amides is 1. The van der Waals surface area contributed by atoms with Crippen LogP contribution in [-0.4, -0.2) is 39.8 Å². The Balaban J connectivity index is 1.88. The van der Waals surface area contributed by atoms with Gasteiger partial charge in [0.05, 0.1) is 11.7 Å². The van der Waals surface area contributed by atoms with Crippen LogP contribution in [0.1, 0.15) is 35.6 Å². The van der Waals surface area contributed by atoms with Crippen molar-refractivity contribution in [2.75, 3.05) is 33.9 Å². The number of halogens is 3. The predicted molar refractivity (Wildman–Crippen MR) is 108 cm³/mol. The minimum absolute atomic E-state index is 0.0408. The zero-order chi connectivity index (χ0) is 22.1. The fourth-order valence-corrected chi connectivity index (χ4v) is 2.91. The summed E-state index contributed by atoms with van der Waals surface area (Å²) in [7, 11) is 3.03. The Hall–Kier alpha value is -2.58. The number of nitrogens with one attached hydrogen (secondary N) is 2. The molecule has 2 aromatic rings. The largest absolute Gasteiger partial charge is 0.484 e. The van der Waals surface area contributed by atoms with Gasteiger partial charge < -0.3 is 20.1 Å². The maximum absolute atomic E-state index is 12.9. The third-order valence-corrected chi connectivity index (χ3v) is 4.75. The molecule has 8 heteroatoms. The Morgan fingerprint density at radius 2 is 1.77 bits per heavy atom. The van der Waals surface area contributed by atoms with E-state index in [0.29, 0.717) is 24.4 Å². The summed E-state index contributed by atoms with van der Waals surface area (Å²) in [6.07, 6.45) is -4.87. The lowest BCUT2D eigenvalue weighted by Crippen LogP contribution is -2.26. The van der Waals surface area contributed by atoms with Crippen molar-refractivity contribution in [2.45, 2.75) is 25.1 Å². The fourth-order valence-electron chi connectivity index (χ4n) is 2.91. The van der Waals surface area contributed by atoms with Crippen LogP contribution in [0, 0.1) is 0 Å². The van der Waals surface area contributed by atoms with Crippen LogP contribution in [0.25, 0.3) is 0 Å². The minimum atomic E-state index is -4.38. The lowest BCUT2D eigenvalue weighted by atomic mass is 10.0. The van der Waals surface area contributed by atoms with E-state index in [4.69, 9.17) is 9.47 Å². The van der Waals surface area contributed by atoms with E-state index in [1.54, 1.807) is 25.2 Å². The van der Waals surface area contributed by atoms with E-state index in [9.17, 15) is 18.0 Å². The molecular formula is C22H27F3N2O3. The molecule has 164 valence electrons. The molecule has 0 heterocycles. The third-order valence-electron chi connectivity index (χ3n) is 4.75. The van der Waals surface area contributed by atoms with E-state index in [0.717, 1.165) is 17.7 Å². The average molecular weight is 424 g/mol. The van der Waals surface area contributed by atoms with E-state index in [-0.39, 0.29) is 18.4 Å². The number of hydrogen-bond donors (Lipinski definition) is 2. The van der Waals surface area contributed by atoms with Crippen LogP contribution < -0.4 is 15.4 Å². The zero-order valence-corrected chi connectivity index (χ0v) is 17.3. The summed E-state index contributed by atoms with van der Waals surface area (Å²) in [4.78, 5) is 11.2. The summed E-state index contributed by atoms with van der Waals surface area (Å²) in [5.41, 5.74) is 0.863. The van der Waals surface area contributed by atoms with Crippen molar-refractivity contribution in [3.8, 4) is 5.75 Å². The molecule has 0 fully saturated rings. The number of alkyl halides is 3. The number of methoxy groups -OCH3 is 1. The van der Waals surface area contributed by atoms with Gasteiger partial charge in [0.2, 0.25) is 0 Å². The highest BCUT2D eigenvalue weighted by molar-refractivity contribution is 5.77. The van der Waals surface area contributed by atoms with E-state index in [1.165, 1.54) is 13.2 Å². The van der Waals surface area contributed by atoms with Gasteiger partial charge in [-0.2, -0.15) is 13.2 Å². The Morgan fingerprint density at radius 1 is 1.07 bits per heavy atom. The summed E-state index contributed by atoms with van der Waals surface area (Å²) in [6, 6.07) is 12.6. The normalized spacial score (nSPS) is 13.5. The molecule has 0 aliphatic heterocycles. The first kappa shape index (κ1) is 23.7. The molecular weight excluding hydrogens is 397 g/mol. The first-order valence-electron chi connectivity index (χ1n) is 9.58. The van der Waals surface area contributed by atoms with Gasteiger partial charge in [0.1, 0.15) is 5.75 Å². The Bertz CT molecular complexity index is 810. The van der Waals surface area contributed by atoms with Gasteiger partial charge in [-0.1, -0.05) is 31.2 Å². The summed E-state index contributed by atoms with van der Waals surface area (Å²) in [5.74, 6) is 0.564. The SMILES string of the molecule is CNC(=O)COc1ccc(C(C)CNCC(OC)c2cccc(C(F)(F)F)c2)cc1. The monoisotopic (exact) mass is 424 g/mol. The van der Waals surface area contributed by atoms with Crippen molar-refractivity contribution in [1.82, 2.24) is 10.6 Å². The van der Waals surface area contributed by atoms with Crippen molar-refractivity contribution in [1.29, 1.82) is 0 Å². The van der Waals surface area contributed by atoms with Gasteiger partial charge in [-0.15, -0.1) is 0 Å². The molecule has 2 rings (SSSR count). The number of carbonyl (C=O) groups is 1. The number of benzene rings is 2. The molecule has 0 aromatic heterocycles. The van der Waals surface area contributed by atoms with Crippen molar-refractivity contribution >= 4 is 5.91 Å². The lowest BCUT2D eigenvalue weighted by molar-refractivity contribution is -0.137. The van der Waals surface area contributed by atoms with Crippen LogP contribution in [-0.2, 0) is 15.7 Å². The van der Waals surface area contributed by atoms with Crippen molar-refractivity contribution in [3.63, 3.8) is 0 Å². The predicted octanol–water partition coefficient (Wildman–Crippen LogP) is 3.91. The molecule has 2 aromatic carbocycles.